The topological polar surface area (TPSA) is 84.9 Å². The lowest BCUT2D eigenvalue weighted by Crippen LogP contribution is -2.54. The highest BCUT2D eigenvalue weighted by Crippen LogP contribution is 2.60. The highest BCUT2D eigenvalue weighted by atomic mass is 35.5. The van der Waals surface area contributed by atoms with Crippen LogP contribution in [0.1, 0.15) is 69.9 Å². The summed E-state index contributed by atoms with van der Waals surface area (Å²) in [5.41, 5.74) is 2.25. The number of hydrogen-bond donors (Lipinski definition) is 1. The van der Waals surface area contributed by atoms with Crippen molar-refractivity contribution < 1.29 is 23.9 Å². The second-order valence-electron chi connectivity index (χ2n) is 12.1. The van der Waals surface area contributed by atoms with Gasteiger partial charge in [0.2, 0.25) is 0 Å². The molecule has 7 nitrogen and oxygen atoms in total. The number of barbiturate groups is 1. The first-order valence-electron chi connectivity index (χ1n) is 14.3. The number of nitrogens with one attached hydrogen (secondary N) is 1. The molecule has 4 saturated carbocycles. The van der Waals surface area contributed by atoms with E-state index in [-0.39, 0.29) is 17.1 Å². The van der Waals surface area contributed by atoms with Gasteiger partial charge in [-0.2, -0.15) is 0 Å². The van der Waals surface area contributed by atoms with E-state index in [1.165, 1.54) is 57.3 Å². The summed E-state index contributed by atoms with van der Waals surface area (Å²) in [6, 6.07) is 10.3. The maximum Gasteiger partial charge on any atom is 0.335 e. The van der Waals surface area contributed by atoms with Crippen molar-refractivity contribution in [2.75, 3.05) is 12.0 Å². The van der Waals surface area contributed by atoms with Gasteiger partial charge in [-0.3, -0.25) is 14.9 Å². The number of halogens is 1. The minimum Gasteiger partial charge on any atom is -0.493 e. The van der Waals surface area contributed by atoms with Crippen LogP contribution >= 0.6 is 11.6 Å². The van der Waals surface area contributed by atoms with Gasteiger partial charge in [-0.05, 0) is 117 Å². The fraction of sp³-hybridized carbons (Fsp3) is 0.469. The molecular weight excluding hydrogens is 528 g/mol. The van der Waals surface area contributed by atoms with E-state index in [0.717, 1.165) is 29.1 Å². The minimum atomic E-state index is -0.761. The fourth-order valence-corrected chi connectivity index (χ4v) is 7.97. The summed E-state index contributed by atoms with van der Waals surface area (Å²) in [6.45, 7) is 3.93. The Bertz CT molecular complexity index is 1360. The van der Waals surface area contributed by atoms with Gasteiger partial charge in [-0.25, -0.2) is 9.69 Å². The van der Waals surface area contributed by atoms with Crippen LogP contribution in [0.2, 0.25) is 5.02 Å². The molecule has 0 unspecified atom stereocenters. The number of amides is 4. The molecule has 0 radical (unpaired) electrons. The van der Waals surface area contributed by atoms with Gasteiger partial charge in [0.1, 0.15) is 5.57 Å². The van der Waals surface area contributed by atoms with Crippen LogP contribution in [0, 0.1) is 17.8 Å². The molecule has 40 heavy (non-hydrogen) atoms. The molecule has 5 aliphatic rings. The number of methoxy groups -OCH3 is 1. The fourth-order valence-electron chi connectivity index (χ4n) is 7.71. The monoisotopic (exact) mass is 562 g/mol. The number of anilines is 1. The zero-order valence-corrected chi connectivity index (χ0v) is 23.9. The van der Waals surface area contributed by atoms with E-state index >= 15 is 0 Å². The third-order valence-corrected chi connectivity index (χ3v) is 9.62. The van der Waals surface area contributed by atoms with Crippen molar-refractivity contribution in [3.63, 3.8) is 0 Å². The van der Waals surface area contributed by atoms with Gasteiger partial charge in [-0.1, -0.05) is 30.7 Å². The Kier molecular flexibility index (Phi) is 6.89. The summed E-state index contributed by atoms with van der Waals surface area (Å²) >= 11 is 6.50. The van der Waals surface area contributed by atoms with Crippen LogP contribution in [-0.4, -0.2) is 31.1 Å². The molecule has 0 aromatic heterocycles. The van der Waals surface area contributed by atoms with Crippen LogP contribution in [-0.2, 0) is 15.0 Å². The van der Waals surface area contributed by atoms with E-state index in [1.807, 2.05) is 26.0 Å². The Balaban J connectivity index is 1.27. The lowest BCUT2D eigenvalue weighted by Gasteiger charge is -2.57. The van der Waals surface area contributed by atoms with E-state index in [0.29, 0.717) is 27.8 Å². The second-order valence-corrected chi connectivity index (χ2v) is 12.5. The molecule has 2 aromatic carbocycles. The molecule has 7 rings (SSSR count). The smallest absolute Gasteiger partial charge is 0.335 e. The molecule has 5 fully saturated rings. The van der Waals surface area contributed by atoms with Crippen molar-refractivity contribution in [3.8, 4) is 11.5 Å². The van der Waals surface area contributed by atoms with Crippen LogP contribution < -0.4 is 19.7 Å². The molecule has 8 heteroatoms. The Hall–Kier alpha value is -3.32. The molecule has 1 saturated heterocycles. The van der Waals surface area contributed by atoms with Crippen molar-refractivity contribution in [2.24, 2.45) is 17.8 Å². The molecule has 1 heterocycles. The standard InChI is InChI=1S/C32H35ClN2O5/c1-4-18(2)40-28-26(33)13-19(14-27(28)39-3)12-25-29(36)34-31(38)35(30(25)37)24-7-5-23(6-8-24)32-15-20-9-21(16-32)11-22(10-20)17-32/h5-8,12-14,18,20-22H,4,9-11,15-17H2,1-3H3,(H,34,36,38)/b25-12+/t18-,20?,21?,22?,32?/m0/s1. The van der Waals surface area contributed by atoms with Crippen molar-refractivity contribution >= 4 is 41.2 Å². The Morgan fingerprint density at radius 2 is 1.68 bits per heavy atom. The minimum absolute atomic E-state index is 0.0739. The number of rotatable bonds is 7. The quantitative estimate of drug-likeness (QED) is 0.301. The molecule has 1 N–H and O–H groups in total. The lowest BCUT2D eigenvalue weighted by atomic mass is 9.48. The largest absolute Gasteiger partial charge is 0.493 e. The number of urea groups is 1. The first kappa shape index (κ1) is 26.9. The van der Waals surface area contributed by atoms with Gasteiger partial charge in [0.15, 0.2) is 11.5 Å². The number of nitrogens with zero attached hydrogens (tertiary/aromatic N) is 1. The van der Waals surface area contributed by atoms with Gasteiger partial charge in [0.25, 0.3) is 11.8 Å². The van der Waals surface area contributed by atoms with Crippen LogP contribution in [0.25, 0.3) is 6.08 Å². The summed E-state index contributed by atoms with van der Waals surface area (Å²) in [5, 5.41) is 2.60. The third-order valence-electron chi connectivity index (χ3n) is 9.33. The van der Waals surface area contributed by atoms with Crippen molar-refractivity contribution in [1.29, 1.82) is 0 Å². The normalized spacial score (nSPS) is 29.1. The average molecular weight is 563 g/mol. The second kappa shape index (κ2) is 10.3. The van der Waals surface area contributed by atoms with Gasteiger partial charge in [0.05, 0.1) is 23.9 Å². The van der Waals surface area contributed by atoms with E-state index in [1.54, 1.807) is 12.1 Å². The van der Waals surface area contributed by atoms with Gasteiger partial charge >= 0.3 is 6.03 Å². The lowest BCUT2D eigenvalue weighted by molar-refractivity contribution is -0.122. The number of carbonyl (C=O) groups is 3. The van der Waals surface area contributed by atoms with Gasteiger partial charge in [0, 0.05) is 0 Å². The predicted octanol–water partition coefficient (Wildman–Crippen LogP) is 6.66. The Labute approximate surface area is 239 Å². The molecule has 1 atom stereocenters. The molecule has 4 aliphatic carbocycles. The molecular formula is C32H35ClN2O5. The molecule has 2 aromatic rings. The van der Waals surface area contributed by atoms with Gasteiger partial charge in [-0.15, -0.1) is 0 Å². The zero-order chi connectivity index (χ0) is 28.2. The number of carbonyl (C=O) groups excluding carboxylic acids is 3. The van der Waals surface area contributed by atoms with E-state index in [9.17, 15) is 14.4 Å². The van der Waals surface area contributed by atoms with Crippen molar-refractivity contribution in [1.82, 2.24) is 5.32 Å². The Morgan fingerprint density at radius 1 is 1.05 bits per heavy atom. The number of imide groups is 2. The number of ether oxygens (including phenoxy) is 2. The zero-order valence-electron chi connectivity index (χ0n) is 23.2. The predicted molar refractivity (Wildman–Crippen MR) is 154 cm³/mol. The average Bonchev–Trinajstić information content (AvgIpc) is 2.91. The molecule has 0 spiro atoms. The van der Waals surface area contributed by atoms with Gasteiger partial charge < -0.3 is 9.47 Å². The SMILES string of the molecule is CC[C@H](C)Oc1c(Cl)cc(/C=C2\C(=O)NC(=O)N(c3ccc(C45CC6CC(CC(C6)C4)C5)cc3)C2=O)cc1OC. The maximum atomic E-state index is 13.5. The third kappa shape index (κ3) is 4.68. The van der Waals surface area contributed by atoms with Crippen molar-refractivity contribution in [3.05, 3.63) is 58.1 Å². The van der Waals surface area contributed by atoms with E-state index in [4.69, 9.17) is 21.1 Å². The summed E-state index contributed by atoms with van der Waals surface area (Å²) < 4.78 is 11.4. The maximum absolute atomic E-state index is 13.5. The highest BCUT2D eigenvalue weighted by Gasteiger charge is 2.51. The number of benzene rings is 2. The van der Waals surface area contributed by atoms with Crippen molar-refractivity contribution in [2.45, 2.75) is 70.3 Å². The first-order valence-corrected chi connectivity index (χ1v) is 14.6. The van der Waals surface area contributed by atoms with Crippen LogP contribution in [0.5, 0.6) is 11.5 Å². The molecule has 210 valence electrons. The Morgan fingerprint density at radius 3 is 2.25 bits per heavy atom. The first-order chi connectivity index (χ1) is 19.2. The molecule has 4 amide bonds. The van der Waals surface area contributed by atoms with Crippen LogP contribution in [0.15, 0.2) is 42.0 Å². The summed E-state index contributed by atoms with van der Waals surface area (Å²) in [5.74, 6) is 1.80. The van der Waals surface area contributed by atoms with Crippen LogP contribution in [0.4, 0.5) is 10.5 Å². The molecule has 1 aliphatic heterocycles. The van der Waals surface area contributed by atoms with E-state index < -0.39 is 17.8 Å². The molecule has 4 bridgehead atoms. The van der Waals surface area contributed by atoms with E-state index in [2.05, 4.69) is 17.4 Å². The summed E-state index contributed by atoms with van der Waals surface area (Å²) in [7, 11) is 1.50. The summed E-state index contributed by atoms with van der Waals surface area (Å²) in [6.07, 6.45) is 9.93. The summed E-state index contributed by atoms with van der Waals surface area (Å²) in [4.78, 5) is 40.2. The number of hydrogen-bond acceptors (Lipinski definition) is 5. The van der Waals surface area contributed by atoms with Crippen LogP contribution in [0.3, 0.4) is 0 Å². The highest BCUT2D eigenvalue weighted by molar-refractivity contribution is 6.39.